The van der Waals surface area contributed by atoms with E-state index in [2.05, 4.69) is 72.9 Å². The molecule has 2 amide bonds. The molecule has 1 fully saturated rings. The molecule has 0 saturated heterocycles. The van der Waals surface area contributed by atoms with Gasteiger partial charge in [0.1, 0.15) is 0 Å². The third-order valence-corrected chi connectivity index (χ3v) is 8.74. The van der Waals surface area contributed by atoms with Gasteiger partial charge in [0.25, 0.3) is 0 Å². The number of carbonyl (C=O) groups excluding carboxylic acids is 2. The predicted octanol–water partition coefficient (Wildman–Crippen LogP) is 7.13. The lowest BCUT2D eigenvalue weighted by Crippen LogP contribution is -2.33. The largest absolute Gasteiger partial charge is 0.355 e. The van der Waals surface area contributed by atoms with Crippen LogP contribution in [0.15, 0.2) is 72.8 Å². The molecular weight excluding hydrogens is 494 g/mol. The fraction of sp³-hybridized carbons (Fsp3) is 0.400. The van der Waals surface area contributed by atoms with Crippen LogP contribution in [-0.4, -0.2) is 24.9 Å². The van der Waals surface area contributed by atoms with Crippen LogP contribution in [0.1, 0.15) is 80.4 Å². The Kier molecular flexibility index (Phi) is 8.96. The van der Waals surface area contributed by atoms with Crippen LogP contribution in [0, 0.1) is 17.2 Å². The second-order valence-corrected chi connectivity index (χ2v) is 11.3. The van der Waals surface area contributed by atoms with Crippen molar-refractivity contribution in [2.75, 3.05) is 18.0 Å². The number of hydrogen-bond acceptors (Lipinski definition) is 3. The molecule has 1 unspecified atom stereocenters. The monoisotopic (exact) mass is 533 g/mol. The van der Waals surface area contributed by atoms with Crippen LogP contribution in [0.4, 0.5) is 5.69 Å². The van der Waals surface area contributed by atoms with E-state index in [1.54, 1.807) is 0 Å². The summed E-state index contributed by atoms with van der Waals surface area (Å²) in [6.45, 7) is 3.28. The summed E-state index contributed by atoms with van der Waals surface area (Å²) in [7, 11) is 0. The van der Waals surface area contributed by atoms with Crippen molar-refractivity contribution in [3.63, 3.8) is 0 Å². The van der Waals surface area contributed by atoms with Gasteiger partial charge in [-0.25, -0.2) is 0 Å². The first kappa shape index (κ1) is 27.6. The van der Waals surface area contributed by atoms with E-state index in [4.69, 9.17) is 5.26 Å². The molecule has 1 atom stereocenters. The van der Waals surface area contributed by atoms with E-state index < -0.39 is 0 Å². The minimum Gasteiger partial charge on any atom is -0.355 e. The van der Waals surface area contributed by atoms with Gasteiger partial charge in [-0.15, -0.1) is 0 Å². The molecule has 206 valence electrons. The lowest BCUT2D eigenvalue weighted by molar-refractivity contribution is -0.122. The van der Waals surface area contributed by atoms with Gasteiger partial charge in [-0.3, -0.25) is 9.59 Å². The highest BCUT2D eigenvalue weighted by Crippen LogP contribution is 2.39. The first-order valence-corrected chi connectivity index (χ1v) is 14.8. The van der Waals surface area contributed by atoms with Crippen molar-refractivity contribution in [1.29, 1.82) is 5.26 Å². The van der Waals surface area contributed by atoms with Crippen LogP contribution in [0.2, 0.25) is 0 Å². The molecule has 1 aliphatic carbocycles. The Morgan fingerprint density at radius 1 is 0.975 bits per heavy atom. The second kappa shape index (κ2) is 13.0. The van der Waals surface area contributed by atoms with Crippen LogP contribution < -0.4 is 10.2 Å². The molecule has 1 heterocycles. The van der Waals surface area contributed by atoms with Crippen LogP contribution in [0.25, 0.3) is 11.1 Å². The number of nitriles is 1. The first-order chi connectivity index (χ1) is 19.6. The number of benzene rings is 3. The average molecular weight is 534 g/mol. The molecule has 0 radical (unpaired) electrons. The molecule has 3 aromatic carbocycles. The zero-order chi connectivity index (χ0) is 27.9. The maximum atomic E-state index is 13.5. The molecule has 5 nitrogen and oxygen atoms in total. The van der Waals surface area contributed by atoms with Crippen LogP contribution >= 0.6 is 0 Å². The molecule has 5 rings (SSSR count). The van der Waals surface area contributed by atoms with Crippen LogP contribution in [0.5, 0.6) is 0 Å². The number of nitrogens with one attached hydrogen (secondary N) is 1. The summed E-state index contributed by atoms with van der Waals surface area (Å²) in [4.78, 5) is 27.6. The van der Waals surface area contributed by atoms with Crippen molar-refractivity contribution >= 4 is 17.5 Å². The van der Waals surface area contributed by atoms with Crippen LogP contribution in [-0.2, 0) is 16.0 Å². The van der Waals surface area contributed by atoms with Gasteiger partial charge in [0.2, 0.25) is 11.8 Å². The van der Waals surface area contributed by atoms with Gasteiger partial charge < -0.3 is 10.2 Å². The SMILES string of the molecule is CCC(C(=O)N1CCc2cc(-c3ccc(C4CCC(CC(=O)NCCC#N)CC4)cc3)ccc21)c1ccccc1. The number of nitrogens with zero attached hydrogens (tertiary/aromatic N) is 2. The Hall–Kier alpha value is -3.91. The first-order valence-electron chi connectivity index (χ1n) is 14.8. The molecular formula is C35H39N3O2. The van der Waals surface area contributed by atoms with Gasteiger partial charge >= 0.3 is 0 Å². The van der Waals surface area contributed by atoms with E-state index in [-0.39, 0.29) is 17.7 Å². The van der Waals surface area contributed by atoms with E-state index in [1.165, 1.54) is 22.3 Å². The molecule has 2 aliphatic rings. The summed E-state index contributed by atoms with van der Waals surface area (Å²) in [5, 5.41) is 11.5. The number of amides is 2. The molecule has 1 aliphatic heterocycles. The Morgan fingerprint density at radius 2 is 1.70 bits per heavy atom. The summed E-state index contributed by atoms with van der Waals surface area (Å²) in [5.41, 5.74) is 7.16. The van der Waals surface area contributed by atoms with Gasteiger partial charge in [0, 0.05) is 25.2 Å². The number of hydrogen-bond donors (Lipinski definition) is 1. The zero-order valence-electron chi connectivity index (χ0n) is 23.4. The Labute approximate surface area is 238 Å². The summed E-state index contributed by atoms with van der Waals surface area (Å²) < 4.78 is 0. The van der Waals surface area contributed by atoms with E-state index in [9.17, 15) is 9.59 Å². The molecule has 0 aromatic heterocycles. The van der Waals surface area contributed by atoms with Crippen molar-refractivity contribution in [2.45, 2.75) is 70.1 Å². The van der Waals surface area contributed by atoms with Crippen molar-refractivity contribution in [3.8, 4) is 17.2 Å². The number of rotatable bonds is 9. The minimum atomic E-state index is -0.110. The Balaban J connectivity index is 1.19. The van der Waals surface area contributed by atoms with Crippen molar-refractivity contribution in [2.24, 2.45) is 5.92 Å². The molecule has 5 heteroatoms. The van der Waals surface area contributed by atoms with Crippen molar-refractivity contribution < 1.29 is 9.59 Å². The fourth-order valence-electron chi connectivity index (χ4n) is 6.48. The number of anilines is 1. The zero-order valence-corrected chi connectivity index (χ0v) is 23.4. The Morgan fingerprint density at radius 3 is 2.40 bits per heavy atom. The average Bonchev–Trinajstić information content (AvgIpc) is 3.42. The maximum Gasteiger partial charge on any atom is 0.234 e. The molecule has 40 heavy (non-hydrogen) atoms. The van der Waals surface area contributed by atoms with Crippen molar-refractivity contribution in [1.82, 2.24) is 5.32 Å². The molecule has 0 spiro atoms. The second-order valence-electron chi connectivity index (χ2n) is 11.3. The van der Waals surface area contributed by atoms with Gasteiger partial charge in [-0.05, 0) is 90.3 Å². The minimum absolute atomic E-state index is 0.0752. The van der Waals surface area contributed by atoms with Gasteiger partial charge in [-0.1, -0.05) is 67.6 Å². The van der Waals surface area contributed by atoms with Crippen molar-refractivity contribution in [3.05, 3.63) is 89.5 Å². The summed E-state index contributed by atoms with van der Waals surface area (Å²) in [6, 6.07) is 27.7. The number of fused-ring (bicyclic) bond motifs is 1. The van der Waals surface area contributed by atoms with E-state index in [1.807, 2.05) is 23.1 Å². The predicted molar refractivity (Wildman–Crippen MR) is 160 cm³/mol. The summed E-state index contributed by atoms with van der Waals surface area (Å²) in [5.74, 6) is 1.14. The highest BCUT2D eigenvalue weighted by Gasteiger charge is 2.30. The summed E-state index contributed by atoms with van der Waals surface area (Å²) >= 11 is 0. The van der Waals surface area contributed by atoms with Gasteiger partial charge in [0.05, 0.1) is 18.4 Å². The van der Waals surface area contributed by atoms with E-state index >= 15 is 0 Å². The lowest BCUT2D eigenvalue weighted by atomic mass is 9.77. The quantitative estimate of drug-likeness (QED) is 0.297. The number of carbonyl (C=O) groups is 2. The van der Waals surface area contributed by atoms with E-state index in [0.29, 0.717) is 31.2 Å². The van der Waals surface area contributed by atoms with E-state index in [0.717, 1.165) is 56.3 Å². The fourth-order valence-corrected chi connectivity index (χ4v) is 6.48. The Bertz CT molecular complexity index is 1350. The third kappa shape index (κ3) is 6.28. The summed E-state index contributed by atoms with van der Waals surface area (Å²) in [6.07, 6.45) is 6.98. The standard InChI is InChI=1S/C35H39N3O2/c1-2-32(29-7-4-3-5-8-29)35(40)38-22-19-31-24-30(17-18-33(31)38)28-15-13-27(14-16-28)26-11-9-25(10-12-26)23-34(39)37-21-6-20-36/h3-5,7-8,13-18,24-26,32H,2,6,9-12,19,21-23H2,1H3,(H,37,39). The third-order valence-electron chi connectivity index (χ3n) is 8.74. The maximum absolute atomic E-state index is 13.5. The van der Waals surface area contributed by atoms with Gasteiger partial charge in [0.15, 0.2) is 0 Å². The molecule has 1 saturated carbocycles. The molecule has 0 bridgehead atoms. The highest BCUT2D eigenvalue weighted by atomic mass is 16.2. The normalized spacial score (nSPS) is 18.9. The van der Waals surface area contributed by atoms with Crippen LogP contribution in [0.3, 0.4) is 0 Å². The smallest absolute Gasteiger partial charge is 0.234 e. The lowest BCUT2D eigenvalue weighted by Gasteiger charge is -2.28. The van der Waals surface area contributed by atoms with Gasteiger partial charge in [-0.2, -0.15) is 5.26 Å². The topological polar surface area (TPSA) is 73.2 Å². The molecule has 3 aromatic rings. The molecule has 1 N–H and O–H groups in total. The highest BCUT2D eigenvalue weighted by molar-refractivity contribution is 6.00.